The molecule has 0 saturated carbocycles. The van der Waals surface area contributed by atoms with Crippen LogP contribution in [0, 0.1) is 10.1 Å². The summed E-state index contributed by atoms with van der Waals surface area (Å²) >= 11 is 6.00. The van der Waals surface area contributed by atoms with Gasteiger partial charge in [0.05, 0.1) is 17.6 Å². The minimum Gasteiger partial charge on any atom is -0.493 e. The number of nitrogens with one attached hydrogen (secondary N) is 1. The van der Waals surface area contributed by atoms with E-state index in [0.29, 0.717) is 17.4 Å². The minimum atomic E-state index is -0.615. The van der Waals surface area contributed by atoms with Gasteiger partial charge in [0.15, 0.2) is 0 Å². The number of hydrogen-bond donors (Lipinski definition) is 2. The highest BCUT2D eigenvalue weighted by Crippen LogP contribution is 2.35. The van der Waals surface area contributed by atoms with Gasteiger partial charge < -0.3 is 15.8 Å². The zero-order valence-electron chi connectivity index (χ0n) is 12.0. The second-order valence-corrected chi connectivity index (χ2v) is 5.53. The predicted octanol–water partition coefficient (Wildman–Crippen LogP) is 2.95. The number of nitrogens with two attached hydrogens (primary N) is 1. The lowest BCUT2D eigenvalue weighted by Crippen LogP contribution is -2.13. The molecule has 1 aliphatic heterocycles. The number of hydrogen-bond acceptors (Lipinski definition) is 7. The van der Waals surface area contributed by atoms with Crippen molar-refractivity contribution in [3.8, 4) is 5.75 Å². The number of aromatic nitrogens is 2. The molecule has 0 spiro atoms. The molecule has 3 N–H and O–H groups in total. The Kier molecular flexibility index (Phi) is 4.16. The number of rotatable bonds is 3. The highest BCUT2D eigenvalue weighted by molar-refractivity contribution is 6.30. The van der Waals surface area contributed by atoms with E-state index in [-0.39, 0.29) is 23.5 Å². The molecule has 23 heavy (non-hydrogen) atoms. The number of anilines is 2. The maximum absolute atomic E-state index is 10.8. The predicted molar refractivity (Wildman–Crippen MR) is 85.6 cm³/mol. The summed E-state index contributed by atoms with van der Waals surface area (Å²) in [5, 5.41) is 14.5. The Labute approximate surface area is 136 Å². The molecule has 0 bridgehead atoms. The van der Waals surface area contributed by atoms with E-state index >= 15 is 0 Å². The first-order valence-corrected chi connectivity index (χ1v) is 7.38. The third-order valence-corrected chi connectivity index (χ3v) is 3.78. The summed E-state index contributed by atoms with van der Waals surface area (Å²) in [5.41, 5.74) is 6.22. The Morgan fingerprint density at radius 3 is 3.04 bits per heavy atom. The standard InChI is InChI=1S/C14H14ClN5O3/c15-8-3-4-9-10(2-1-5-23-12(9)6-8)18-14-17-7-11(20(21)22)13(16)19-14/h3-4,6-7,10H,1-2,5H2,(H3,16,17,18,19). The van der Waals surface area contributed by atoms with E-state index in [2.05, 4.69) is 15.3 Å². The molecule has 0 radical (unpaired) electrons. The van der Waals surface area contributed by atoms with E-state index < -0.39 is 4.92 Å². The first kappa shape index (κ1) is 15.3. The Hall–Kier alpha value is -2.61. The second kappa shape index (κ2) is 6.25. The number of nitrogen functional groups attached to an aromatic ring is 1. The topological polar surface area (TPSA) is 116 Å². The first-order chi connectivity index (χ1) is 11.0. The van der Waals surface area contributed by atoms with Crippen molar-refractivity contribution in [3.63, 3.8) is 0 Å². The van der Waals surface area contributed by atoms with Crippen LogP contribution in [-0.4, -0.2) is 21.5 Å². The average Bonchev–Trinajstić information content (AvgIpc) is 2.69. The summed E-state index contributed by atoms with van der Waals surface area (Å²) in [4.78, 5) is 18.1. The van der Waals surface area contributed by atoms with Gasteiger partial charge in [0.2, 0.25) is 11.8 Å². The largest absolute Gasteiger partial charge is 0.493 e. The van der Waals surface area contributed by atoms with E-state index in [1.54, 1.807) is 12.1 Å². The minimum absolute atomic E-state index is 0.0920. The van der Waals surface area contributed by atoms with Crippen molar-refractivity contribution >= 4 is 29.1 Å². The van der Waals surface area contributed by atoms with Crippen LogP contribution in [0.5, 0.6) is 5.75 Å². The summed E-state index contributed by atoms with van der Waals surface area (Å²) in [5.74, 6) is 0.775. The fourth-order valence-corrected chi connectivity index (χ4v) is 2.61. The van der Waals surface area contributed by atoms with Crippen LogP contribution in [-0.2, 0) is 0 Å². The summed E-state index contributed by atoms with van der Waals surface area (Å²) in [7, 11) is 0. The van der Waals surface area contributed by atoms with Crippen LogP contribution in [0.25, 0.3) is 0 Å². The molecule has 2 heterocycles. The van der Waals surface area contributed by atoms with Crippen LogP contribution in [0.1, 0.15) is 24.4 Å². The van der Waals surface area contributed by atoms with Crippen molar-refractivity contribution in [1.29, 1.82) is 0 Å². The van der Waals surface area contributed by atoms with Gasteiger partial charge in [-0.3, -0.25) is 10.1 Å². The highest BCUT2D eigenvalue weighted by Gasteiger charge is 2.22. The molecule has 120 valence electrons. The molecule has 9 heteroatoms. The van der Waals surface area contributed by atoms with E-state index in [1.165, 1.54) is 0 Å². The molecule has 1 aliphatic rings. The van der Waals surface area contributed by atoms with Crippen molar-refractivity contribution in [1.82, 2.24) is 9.97 Å². The van der Waals surface area contributed by atoms with Crippen LogP contribution in [0.3, 0.4) is 0 Å². The monoisotopic (exact) mass is 335 g/mol. The molecule has 1 aromatic heterocycles. The normalized spacial score (nSPS) is 16.8. The number of benzene rings is 1. The number of fused-ring (bicyclic) bond motifs is 1. The van der Waals surface area contributed by atoms with E-state index in [9.17, 15) is 10.1 Å². The van der Waals surface area contributed by atoms with Crippen molar-refractivity contribution in [3.05, 3.63) is 45.1 Å². The third-order valence-electron chi connectivity index (χ3n) is 3.54. The van der Waals surface area contributed by atoms with Crippen molar-refractivity contribution in [2.24, 2.45) is 0 Å². The Bertz CT molecular complexity index is 755. The molecule has 1 aromatic carbocycles. The molecule has 8 nitrogen and oxygen atoms in total. The molecule has 0 saturated heterocycles. The fraction of sp³-hybridized carbons (Fsp3) is 0.286. The number of nitrogens with zero attached hydrogens (tertiary/aromatic N) is 3. The first-order valence-electron chi connectivity index (χ1n) is 7.00. The maximum atomic E-state index is 10.8. The Balaban J connectivity index is 1.88. The van der Waals surface area contributed by atoms with Crippen LogP contribution in [0.15, 0.2) is 24.4 Å². The van der Waals surface area contributed by atoms with Gasteiger partial charge in [-0.1, -0.05) is 17.7 Å². The molecular formula is C14H14ClN5O3. The van der Waals surface area contributed by atoms with E-state index in [0.717, 1.165) is 24.6 Å². The van der Waals surface area contributed by atoms with Crippen LogP contribution in [0.2, 0.25) is 5.02 Å². The van der Waals surface area contributed by atoms with Gasteiger partial charge in [-0.25, -0.2) is 4.98 Å². The summed E-state index contributed by atoms with van der Waals surface area (Å²) < 4.78 is 5.69. The van der Waals surface area contributed by atoms with Gasteiger partial charge in [-0.2, -0.15) is 4.98 Å². The number of halogens is 1. The summed E-state index contributed by atoms with van der Waals surface area (Å²) in [6, 6.07) is 5.34. The summed E-state index contributed by atoms with van der Waals surface area (Å²) in [6.45, 7) is 0.592. The molecule has 0 amide bonds. The van der Waals surface area contributed by atoms with Crippen LogP contribution >= 0.6 is 11.6 Å². The molecule has 0 fully saturated rings. The molecule has 1 unspecified atom stereocenters. The molecule has 1 atom stereocenters. The Morgan fingerprint density at radius 2 is 2.30 bits per heavy atom. The zero-order chi connectivity index (χ0) is 16.4. The lowest BCUT2D eigenvalue weighted by Gasteiger charge is -2.18. The molecule has 0 aliphatic carbocycles. The van der Waals surface area contributed by atoms with E-state index in [1.807, 2.05) is 6.07 Å². The highest BCUT2D eigenvalue weighted by atomic mass is 35.5. The quantitative estimate of drug-likeness (QED) is 0.654. The molecular weight excluding hydrogens is 322 g/mol. The second-order valence-electron chi connectivity index (χ2n) is 5.09. The van der Waals surface area contributed by atoms with Crippen molar-refractivity contribution < 1.29 is 9.66 Å². The molecule has 2 aromatic rings. The Morgan fingerprint density at radius 1 is 1.48 bits per heavy atom. The van der Waals surface area contributed by atoms with Gasteiger partial charge in [-0.15, -0.1) is 0 Å². The maximum Gasteiger partial charge on any atom is 0.329 e. The smallest absolute Gasteiger partial charge is 0.329 e. The van der Waals surface area contributed by atoms with Crippen LogP contribution < -0.4 is 15.8 Å². The SMILES string of the molecule is Nc1nc(NC2CCCOc3cc(Cl)ccc32)ncc1[N+](=O)[O-]. The van der Waals surface area contributed by atoms with Gasteiger partial charge in [0.25, 0.3) is 0 Å². The molecule has 3 rings (SSSR count). The number of ether oxygens (including phenoxy) is 1. The summed E-state index contributed by atoms with van der Waals surface area (Å²) in [6.07, 6.45) is 2.74. The van der Waals surface area contributed by atoms with Gasteiger partial charge >= 0.3 is 5.69 Å². The van der Waals surface area contributed by atoms with Crippen molar-refractivity contribution in [2.45, 2.75) is 18.9 Å². The van der Waals surface area contributed by atoms with Crippen molar-refractivity contribution in [2.75, 3.05) is 17.7 Å². The lowest BCUT2D eigenvalue weighted by molar-refractivity contribution is -0.384. The third kappa shape index (κ3) is 3.26. The van der Waals surface area contributed by atoms with E-state index in [4.69, 9.17) is 22.1 Å². The fourth-order valence-electron chi connectivity index (χ4n) is 2.45. The zero-order valence-corrected chi connectivity index (χ0v) is 12.8. The number of nitro groups is 1. The average molecular weight is 336 g/mol. The van der Waals surface area contributed by atoms with Gasteiger partial charge in [0, 0.05) is 10.6 Å². The van der Waals surface area contributed by atoms with Crippen LogP contribution in [0.4, 0.5) is 17.5 Å². The lowest BCUT2D eigenvalue weighted by atomic mass is 10.0. The van der Waals surface area contributed by atoms with Gasteiger partial charge in [0.1, 0.15) is 11.9 Å². The van der Waals surface area contributed by atoms with Gasteiger partial charge in [-0.05, 0) is 25.0 Å².